The lowest BCUT2D eigenvalue weighted by molar-refractivity contribution is -0.00000467. The monoisotopic (exact) mass is 467 g/mol. The molecule has 0 bridgehead atoms. The molecular weight excluding hydrogens is 445 g/mol. The number of hydrogen-bond acceptors (Lipinski definition) is 1. The zero-order valence-corrected chi connectivity index (χ0v) is 18.0. The zero-order chi connectivity index (χ0) is 14.5. The van der Waals surface area contributed by atoms with Crippen LogP contribution in [-0.2, 0) is 0 Å². The van der Waals surface area contributed by atoms with Gasteiger partial charge in [-0.25, -0.2) is 0 Å². The smallest absolute Gasteiger partial charge is 0.111 e. The summed E-state index contributed by atoms with van der Waals surface area (Å²) in [4.78, 5) is 0. The maximum Gasteiger partial charge on any atom is 0.111 e. The van der Waals surface area contributed by atoms with Crippen LogP contribution < -0.4 is 39.0 Å². The van der Waals surface area contributed by atoms with Crippen LogP contribution in [0.5, 0.6) is 0 Å². The lowest BCUT2D eigenvalue weighted by Crippen LogP contribution is -3.00. The van der Waals surface area contributed by atoms with Crippen molar-refractivity contribution in [2.45, 2.75) is 6.92 Å². The van der Waals surface area contributed by atoms with Gasteiger partial charge in [-0.3, -0.25) is 0 Å². The summed E-state index contributed by atoms with van der Waals surface area (Å²) in [6, 6.07) is 33.0. The van der Waals surface area contributed by atoms with E-state index in [1.807, 2.05) is 0 Å². The van der Waals surface area contributed by atoms with Crippen molar-refractivity contribution in [2.75, 3.05) is 6.16 Å². The molecule has 0 aliphatic heterocycles. The van der Waals surface area contributed by atoms with Crippen LogP contribution in [0.15, 0.2) is 91.0 Å². The number of rotatable bonds is 4. The first-order valence-corrected chi connectivity index (χ1v) is 9.40. The Labute approximate surface area is 167 Å². The van der Waals surface area contributed by atoms with Crippen LogP contribution in [0.1, 0.15) is 6.92 Å². The van der Waals surface area contributed by atoms with E-state index >= 15 is 0 Å². The quantitative estimate of drug-likeness (QED) is 0.581. The lowest BCUT2D eigenvalue weighted by Gasteiger charge is -2.26. The molecule has 3 aromatic carbocycles. The fourth-order valence-corrected chi connectivity index (χ4v) is 7.08. The van der Waals surface area contributed by atoms with Crippen LogP contribution in [0.3, 0.4) is 0 Å². The Kier molecular flexibility index (Phi) is 10.3. The van der Waals surface area contributed by atoms with Crippen LogP contribution in [0.25, 0.3) is 0 Å². The average molecular weight is 469 g/mol. The molecule has 24 heavy (non-hydrogen) atoms. The Morgan fingerprint density at radius 1 is 0.583 bits per heavy atom. The molecule has 0 saturated heterocycles. The van der Waals surface area contributed by atoms with Crippen molar-refractivity contribution in [3.8, 4) is 0 Å². The molecule has 0 aliphatic rings. The van der Waals surface area contributed by atoms with Crippen molar-refractivity contribution in [1.82, 2.24) is 6.15 Å². The second-order valence-corrected chi connectivity index (χ2v) is 8.93. The normalized spacial score (nSPS) is 9.88. The lowest BCUT2D eigenvalue weighted by atomic mass is 10.4. The van der Waals surface area contributed by atoms with Crippen molar-refractivity contribution >= 4 is 40.2 Å². The summed E-state index contributed by atoms with van der Waals surface area (Å²) in [5, 5.41) is 4.39. The largest absolute Gasteiger partial charge is 1.00 e. The number of benzene rings is 3. The molecule has 0 fully saturated rings. The number of halogens is 2. The van der Waals surface area contributed by atoms with Gasteiger partial charge in [-0.05, 0) is 43.3 Å². The molecule has 0 unspecified atom stereocenters. The molecule has 0 amide bonds. The second kappa shape index (κ2) is 10.8. The molecular formula is C20H24Br2NP. The molecule has 3 aromatic rings. The predicted molar refractivity (Wildman–Crippen MR) is 111 cm³/mol. The van der Waals surface area contributed by atoms with Gasteiger partial charge in [-0.1, -0.05) is 54.6 Å². The summed E-state index contributed by atoms with van der Waals surface area (Å²) in [5.74, 6) is 0. The summed E-state index contributed by atoms with van der Waals surface area (Å²) in [6.07, 6.45) is 1.14. The second-order valence-electron chi connectivity index (χ2n) is 5.13. The van der Waals surface area contributed by atoms with Crippen molar-refractivity contribution in [2.24, 2.45) is 0 Å². The van der Waals surface area contributed by atoms with Gasteiger partial charge in [-0.2, -0.15) is 0 Å². The van der Waals surface area contributed by atoms with Gasteiger partial charge >= 0.3 is 0 Å². The highest BCUT2D eigenvalue weighted by Crippen LogP contribution is 2.54. The van der Waals surface area contributed by atoms with E-state index in [-0.39, 0.29) is 40.1 Å². The molecule has 128 valence electrons. The van der Waals surface area contributed by atoms with Gasteiger partial charge in [0.25, 0.3) is 0 Å². The molecule has 0 radical (unpaired) electrons. The highest BCUT2D eigenvalue weighted by Gasteiger charge is 2.43. The number of hydrogen-bond donors (Lipinski definition) is 1. The van der Waals surface area contributed by atoms with Crippen LogP contribution in [0.4, 0.5) is 0 Å². The van der Waals surface area contributed by atoms with Crippen LogP contribution in [-0.4, -0.2) is 6.16 Å². The Hall–Kier alpha value is -0.990. The van der Waals surface area contributed by atoms with E-state index in [4.69, 9.17) is 0 Å². The van der Waals surface area contributed by atoms with E-state index in [0.29, 0.717) is 0 Å². The summed E-state index contributed by atoms with van der Waals surface area (Å²) < 4.78 is 0. The first kappa shape index (κ1) is 23.0. The van der Waals surface area contributed by atoms with Crippen molar-refractivity contribution in [3.05, 3.63) is 91.0 Å². The Morgan fingerprint density at radius 3 is 1.04 bits per heavy atom. The van der Waals surface area contributed by atoms with E-state index in [0.717, 1.165) is 6.16 Å². The first-order valence-electron chi connectivity index (χ1n) is 7.43. The highest BCUT2D eigenvalue weighted by molar-refractivity contribution is 8.93. The molecule has 0 aromatic heterocycles. The highest BCUT2D eigenvalue weighted by atomic mass is 79.9. The standard InChI is InChI=1S/C20H20P.2BrH.H3N/c1-2-21(18-12-6-3-7-13-18,19-14-8-4-9-15-19)20-16-10-5-11-17-20;;;/h3-17H,2H2,1H3;2*1H;1H3/q+1;;;/p-1. The maximum absolute atomic E-state index is 2.32. The van der Waals surface area contributed by atoms with Gasteiger partial charge in [-0.15, -0.1) is 17.0 Å². The van der Waals surface area contributed by atoms with Gasteiger partial charge in [0, 0.05) is 0 Å². The van der Waals surface area contributed by atoms with E-state index < -0.39 is 7.26 Å². The van der Waals surface area contributed by atoms with Crippen LogP contribution in [0.2, 0.25) is 0 Å². The van der Waals surface area contributed by atoms with Crippen molar-refractivity contribution < 1.29 is 17.0 Å². The molecule has 3 N–H and O–H groups in total. The third-order valence-corrected chi connectivity index (χ3v) is 8.55. The summed E-state index contributed by atoms with van der Waals surface area (Å²) in [7, 11) is -1.53. The molecule has 3 rings (SSSR count). The van der Waals surface area contributed by atoms with E-state index in [1.54, 1.807) is 0 Å². The Bertz CT molecular complexity index is 594. The van der Waals surface area contributed by atoms with Gasteiger partial charge < -0.3 is 23.1 Å². The third kappa shape index (κ3) is 4.34. The first-order chi connectivity index (χ1) is 10.4. The van der Waals surface area contributed by atoms with Crippen LogP contribution in [0, 0.1) is 0 Å². The molecule has 0 spiro atoms. The van der Waals surface area contributed by atoms with E-state index in [9.17, 15) is 0 Å². The van der Waals surface area contributed by atoms with Gasteiger partial charge in [0.05, 0.1) is 6.16 Å². The zero-order valence-electron chi connectivity index (χ0n) is 13.8. The summed E-state index contributed by atoms with van der Waals surface area (Å²) in [6.45, 7) is 2.32. The molecule has 0 saturated carbocycles. The minimum absolute atomic E-state index is 0. The Balaban J connectivity index is 0.00000176. The molecule has 4 heteroatoms. The maximum atomic E-state index is 2.32. The SMILES string of the molecule is Br.CC[P+](c1ccccc1)(c1ccccc1)c1ccccc1.N.[Br-]. The third-order valence-electron chi connectivity index (χ3n) is 4.07. The molecule has 1 nitrogen and oxygen atoms in total. The fourth-order valence-electron chi connectivity index (χ4n) is 3.04. The fraction of sp³-hybridized carbons (Fsp3) is 0.100. The molecule has 0 aliphatic carbocycles. The van der Waals surface area contributed by atoms with Gasteiger partial charge in [0.2, 0.25) is 0 Å². The minimum Gasteiger partial charge on any atom is -1.00 e. The van der Waals surface area contributed by atoms with Crippen LogP contribution >= 0.6 is 24.2 Å². The predicted octanol–water partition coefficient (Wildman–Crippen LogP) is 1.74. The summed E-state index contributed by atoms with van der Waals surface area (Å²) in [5.41, 5.74) is 0. The Morgan fingerprint density at radius 2 is 0.833 bits per heavy atom. The average Bonchev–Trinajstić information content (AvgIpc) is 2.59. The topological polar surface area (TPSA) is 35.0 Å². The molecule has 0 heterocycles. The van der Waals surface area contributed by atoms with Gasteiger partial charge in [0.15, 0.2) is 0 Å². The van der Waals surface area contributed by atoms with Crippen molar-refractivity contribution in [3.63, 3.8) is 0 Å². The van der Waals surface area contributed by atoms with Crippen molar-refractivity contribution in [1.29, 1.82) is 0 Å². The van der Waals surface area contributed by atoms with E-state index in [2.05, 4.69) is 97.9 Å². The summed E-state index contributed by atoms with van der Waals surface area (Å²) >= 11 is 0. The van der Waals surface area contributed by atoms with Gasteiger partial charge in [0.1, 0.15) is 23.2 Å². The minimum atomic E-state index is -1.53. The van der Waals surface area contributed by atoms with E-state index in [1.165, 1.54) is 15.9 Å². The molecule has 0 atom stereocenters.